The molecule has 0 spiro atoms. The molecular formula is C16H14. The minimum absolute atomic E-state index is 0.602. The summed E-state index contributed by atoms with van der Waals surface area (Å²) in [6, 6.07) is 10.7. The highest BCUT2D eigenvalue weighted by Crippen LogP contribution is 2.36. The Labute approximate surface area is 96.3 Å². The first-order chi connectivity index (χ1) is 7.95. The van der Waals surface area contributed by atoms with Crippen LogP contribution in [0.1, 0.15) is 12.0 Å². The van der Waals surface area contributed by atoms with E-state index in [1.807, 2.05) is 0 Å². The molecular weight excluding hydrogens is 192 g/mol. The van der Waals surface area contributed by atoms with Gasteiger partial charge in [0.05, 0.1) is 0 Å². The van der Waals surface area contributed by atoms with Crippen molar-refractivity contribution in [2.24, 2.45) is 5.92 Å². The molecule has 0 heteroatoms. The van der Waals surface area contributed by atoms with Crippen molar-refractivity contribution in [3.8, 4) is 0 Å². The largest absolute Gasteiger partial charge is 0.0870 e. The first kappa shape index (κ1) is 9.41. The summed E-state index contributed by atoms with van der Waals surface area (Å²) in [5.41, 5.74) is 4.18. The van der Waals surface area contributed by atoms with Crippen molar-refractivity contribution in [3.05, 3.63) is 77.9 Å². The quantitative estimate of drug-likeness (QED) is 0.638. The predicted octanol–water partition coefficient (Wildman–Crippen LogP) is 4.14. The zero-order chi connectivity index (χ0) is 10.8. The summed E-state index contributed by atoms with van der Waals surface area (Å²) in [5, 5.41) is 0. The molecule has 0 aliphatic heterocycles. The average molecular weight is 206 g/mol. The maximum absolute atomic E-state index is 2.30. The smallest absolute Gasteiger partial charge is 0.00643 e. The minimum Gasteiger partial charge on any atom is -0.0870 e. The van der Waals surface area contributed by atoms with Gasteiger partial charge in [-0.2, -0.15) is 0 Å². The maximum Gasteiger partial charge on any atom is 0.00643 e. The molecule has 16 heavy (non-hydrogen) atoms. The van der Waals surface area contributed by atoms with Crippen molar-refractivity contribution >= 4 is 5.57 Å². The first-order valence-corrected chi connectivity index (χ1v) is 5.76. The number of rotatable bonds is 2. The van der Waals surface area contributed by atoms with Gasteiger partial charge in [0.1, 0.15) is 0 Å². The van der Waals surface area contributed by atoms with E-state index in [-0.39, 0.29) is 0 Å². The summed E-state index contributed by atoms with van der Waals surface area (Å²) in [6.45, 7) is 0. The third-order valence-electron chi connectivity index (χ3n) is 3.19. The van der Waals surface area contributed by atoms with Gasteiger partial charge in [0, 0.05) is 5.92 Å². The topological polar surface area (TPSA) is 0 Å². The Kier molecular flexibility index (Phi) is 2.34. The molecule has 0 fully saturated rings. The van der Waals surface area contributed by atoms with Crippen molar-refractivity contribution in [2.45, 2.75) is 6.42 Å². The van der Waals surface area contributed by atoms with Gasteiger partial charge in [-0.25, -0.2) is 0 Å². The zero-order valence-electron chi connectivity index (χ0n) is 9.14. The fourth-order valence-electron chi connectivity index (χ4n) is 2.25. The van der Waals surface area contributed by atoms with E-state index in [0.717, 1.165) is 0 Å². The third-order valence-corrected chi connectivity index (χ3v) is 3.19. The zero-order valence-corrected chi connectivity index (χ0v) is 9.14. The molecule has 0 radical (unpaired) electrons. The molecule has 1 atom stereocenters. The number of benzene rings is 1. The lowest BCUT2D eigenvalue weighted by molar-refractivity contribution is 0.778. The van der Waals surface area contributed by atoms with Crippen LogP contribution in [-0.4, -0.2) is 0 Å². The molecule has 0 saturated carbocycles. The Morgan fingerprint density at radius 2 is 1.69 bits per heavy atom. The maximum atomic E-state index is 2.30. The van der Waals surface area contributed by atoms with Crippen LogP contribution in [0.5, 0.6) is 0 Å². The number of allylic oxidation sites excluding steroid dienone is 8. The highest BCUT2D eigenvalue weighted by molar-refractivity contribution is 5.78. The van der Waals surface area contributed by atoms with E-state index in [1.165, 1.54) is 23.1 Å². The normalized spacial score (nSPS) is 21.2. The van der Waals surface area contributed by atoms with Crippen molar-refractivity contribution < 1.29 is 0 Å². The van der Waals surface area contributed by atoms with Gasteiger partial charge in [-0.15, -0.1) is 0 Å². The summed E-state index contributed by atoms with van der Waals surface area (Å²) in [6.07, 6.45) is 14.4. The van der Waals surface area contributed by atoms with Gasteiger partial charge in [-0.1, -0.05) is 66.8 Å². The molecule has 0 nitrogen and oxygen atoms in total. The first-order valence-electron chi connectivity index (χ1n) is 5.76. The van der Waals surface area contributed by atoms with Gasteiger partial charge < -0.3 is 0 Å². The van der Waals surface area contributed by atoms with E-state index < -0.39 is 0 Å². The molecule has 0 saturated heterocycles. The Morgan fingerprint density at radius 1 is 1.00 bits per heavy atom. The van der Waals surface area contributed by atoms with E-state index in [2.05, 4.69) is 66.8 Å². The van der Waals surface area contributed by atoms with E-state index in [1.54, 1.807) is 0 Å². The Balaban J connectivity index is 2.10. The highest BCUT2D eigenvalue weighted by Gasteiger charge is 2.19. The van der Waals surface area contributed by atoms with Crippen LogP contribution in [0.15, 0.2) is 72.4 Å². The summed E-state index contributed by atoms with van der Waals surface area (Å²) < 4.78 is 0. The second-order valence-corrected chi connectivity index (χ2v) is 4.22. The summed E-state index contributed by atoms with van der Waals surface area (Å²) >= 11 is 0. The standard InChI is InChI=1S/C16H14/c1-2-7-13(8-3-1)16(15-11-6-12-15)14-9-4-5-10-14/h1-11,15H,12H2. The van der Waals surface area contributed by atoms with Crippen molar-refractivity contribution in [2.75, 3.05) is 0 Å². The molecule has 1 aromatic rings. The fraction of sp³-hybridized carbons (Fsp3) is 0.125. The van der Waals surface area contributed by atoms with Gasteiger partial charge in [-0.05, 0) is 23.1 Å². The molecule has 2 aliphatic rings. The Bertz CT molecular complexity index is 484. The van der Waals surface area contributed by atoms with Gasteiger partial charge in [0.15, 0.2) is 0 Å². The fourth-order valence-corrected chi connectivity index (χ4v) is 2.25. The van der Waals surface area contributed by atoms with Crippen molar-refractivity contribution in [3.63, 3.8) is 0 Å². The molecule has 1 unspecified atom stereocenters. The average Bonchev–Trinajstić information content (AvgIpc) is 2.77. The molecule has 0 bridgehead atoms. The molecule has 2 aliphatic carbocycles. The molecule has 0 amide bonds. The van der Waals surface area contributed by atoms with Crippen LogP contribution in [0.4, 0.5) is 0 Å². The van der Waals surface area contributed by atoms with Gasteiger partial charge >= 0.3 is 0 Å². The summed E-state index contributed by atoms with van der Waals surface area (Å²) in [4.78, 5) is 0. The molecule has 0 N–H and O–H groups in total. The number of hydrogen-bond acceptors (Lipinski definition) is 0. The predicted molar refractivity (Wildman–Crippen MR) is 68.9 cm³/mol. The Morgan fingerprint density at radius 3 is 2.25 bits per heavy atom. The third kappa shape index (κ3) is 1.57. The van der Waals surface area contributed by atoms with Crippen LogP contribution >= 0.6 is 0 Å². The molecule has 1 aromatic carbocycles. The Hall–Kier alpha value is -1.82. The minimum atomic E-state index is 0.602. The molecule has 3 rings (SSSR count). The van der Waals surface area contributed by atoms with Crippen LogP contribution in [0.3, 0.4) is 0 Å². The number of hydrogen-bond donors (Lipinski definition) is 0. The lowest BCUT2D eigenvalue weighted by atomic mass is 9.81. The second-order valence-electron chi connectivity index (χ2n) is 4.22. The van der Waals surface area contributed by atoms with Crippen molar-refractivity contribution in [1.82, 2.24) is 0 Å². The van der Waals surface area contributed by atoms with Crippen LogP contribution in [0.25, 0.3) is 5.57 Å². The van der Waals surface area contributed by atoms with Crippen LogP contribution < -0.4 is 0 Å². The van der Waals surface area contributed by atoms with Crippen LogP contribution in [-0.2, 0) is 0 Å². The highest BCUT2D eigenvalue weighted by atomic mass is 14.2. The molecule has 0 heterocycles. The second kappa shape index (κ2) is 3.97. The SMILES string of the molecule is C1=CC(=C(c2ccccc2)C2C=CC2)C=C1. The van der Waals surface area contributed by atoms with E-state index in [0.29, 0.717) is 5.92 Å². The van der Waals surface area contributed by atoms with Crippen LogP contribution in [0, 0.1) is 5.92 Å². The summed E-state index contributed by atoms with van der Waals surface area (Å²) in [5.74, 6) is 0.602. The van der Waals surface area contributed by atoms with E-state index in [9.17, 15) is 0 Å². The molecule has 78 valence electrons. The van der Waals surface area contributed by atoms with Crippen LogP contribution in [0.2, 0.25) is 0 Å². The summed E-state index contributed by atoms with van der Waals surface area (Å²) in [7, 11) is 0. The van der Waals surface area contributed by atoms with E-state index in [4.69, 9.17) is 0 Å². The van der Waals surface area contributed by atoms with Gasteiger partial charge in [-0.3, -0.25) is 0 Å². The monoisotopic (exact) mass is 206 g/mol. The van der Waals surface area contributed by atoms with Gasteiger partial charge in [0.25, 0.3) is 0 Å². The lowest BCUT2D eigenvalue weighted by Gasteiger charge is -2.23. The lowest BCUT2D eigenvalue weighted by Crippen LogP contribution is -2.07. The molecule has 0 aromatic heterocycles. The van der Waals surface area contributed by atoms with E-state index >= 15 is 0 Å². The van der Waals surface area contributed by atoms with Crippen molar-refractivity contribution in [1.29, 1.82) is 0 Å². The van der Waals surface area contributed by atoms with Gasteiger partial charge in [0.2, 0.25) is 0 Å².